The first-order valence-corrected chi connectivity index (χ1v) is 8.27. The second-order valence-electron chi connectivity index (χ2n) is 6.14. The van der Waals surface area contributed by atoms with E-state index in [-0.39, 0.29) is 6.04 Å². The zero-order chi connectivity index (χ0) is 16.5. The number of carbonyl (C=O) groups is 1. The summed E-state index contributed by atoms with van der Waals surface area (Å²) < 4.78 is 0. The van der Waals surface area contributed by atoms with E-state index in [1.807, 2.05) is 0 Å². The molecule has 0 aromatic rings. The fourth-order valence-corrected chi connectivity index (χ4v) is 2.86. The van der Waals surface area contributed by atoms with Crippen LogP contribution in [0.2, 0.25) is 0 Å². The molecule has 0 aromatic heterocycles. The molecule has 1 aliphatic carbocycles. The lowest BCUT2D eigenvalue weighted by molar-refractivity contribution is -0.124. The van der Waals surface area contributed by atoms with Crippen molar-refractivity contribution in [3.8, 4) is 0 Å². The average molecular weight is 321 g/mol. The summed E-state index contributed by atoms with van der Waals surface area (Å²) in [4.78, 5) is 15.5. The quantitative estimate of drug-likeness (QED) is 0.269. The molecule has 0 radical (unpaired) electrons. The molecule has 2 rings (SSSR count). The van der Waals surface area contributed by atoms with Crippen molar-refractivity contribution in [3.63, 3.8) is 0 Å². The standard InChI is InChI=1S/C16H27N5O2/c1-12(8-17-9-13-4-2-3-5-13)20-15-11-18-14(10-19-15)6-7-16(22)21-23/h6-7,10,12-13,17-18,23H,2-5,8-9,11H2,1H3,(H,19,20)(H,21,22)/b7-6+. The van der Waals surface area contributed by atoms with E-state index in [1.165, 1.54) is 31.8 Å². The van der Waals surface area contributed by atoms with Crippen molar-refractivity contribution >= 4 is 11.7 Å². The van der Waals surface area contributed by atoms with Crippen LogP contribution >= 0.6 is 0 Å². The van der Waals surface area contributed by atoms with E-state index in [2.05, 4.69) is 27.9 Å². The summed E-state index contributed by atoms with van der Waals surface area (Å²) in [5, 5.41) is 18.2. The molecular weight excluding hydrogens is 294 g/mol. The van der Waals surface area contributed by atoms with Crippen LogP contribution < -0.4 is 21.4 Å². The van der Waals surface area contributed by atoms with Gasteiger partial charge in [0.15, 0.2) is 0 Å². The third kappa shape index (κ3) is 6.42. The van der Waals surface area contributed by atoms with Gasteiger partial charge in [-0.3, -0.25) is 15.0 Å². The van der Waals surface area contributed by atoms with Gasteiger partial charge in [0.1, 0.15) is 5.84 Å². The Labute approximate surface area is 137 Å². The number of hydrogen-bond donors (Lipinski definition) is 5. The van der Waals surface area contributed by atoms with E-state index in [0.717, 1.165) is 30.5 Å². The van der Waals surface area contributed by atoms with E-state index in [1.54, 1.807) is 17.8 Å². The molecule has 7 nitrogen and oxygen atoms in total. The van der Waals surface area contributed by atoms with Crippen molar-refractivity contribution in [2.75, 3.05) is 19.6 Å². The molecule has 0 bridgehead atoms. The van der Waals surface area contributed by atoms with Gasteiger partial charge in [-0.2, -0.15) is 0 Å². The molecule has 1 heterocycles. The second-order valence-corrected chi connectivity index (χ2v) is 6.14. The maximum absolute atomic E-state index is 10.9. The molecule has 1 unspecified atom stereocenters. The smallest absolute Gasteiger partial charge is 0.267 e. The van der Waals surface area contributed by atoms with Crippen LogP contribution in [-0.2, 0) is 4.79 Å². The minimum Gasteiger partial charge on any atom is -0.377 e. The lowest BCUT2D eigenvalue weighted by atomic mass is 10.1. The van der Waals surface area contributed by atoms with Gasteiger partial charge in [-0.1, -0.05) is 12.8 Å². The Morgan fingerprint density at radius 3 is 2.96 bits per heavy atom. The predicted molar refractivity (Wildman–Crippen MR) is 90.0 cm³/mol. The molecule has 23 heavy (non-hydrogen) atoms. The molecule has 2 aliphatic rings. The van der Waals surface area contributed by atoms with Crippen LogP contribution in [0, 0.1) is 5.92 Å². The zero-order valence-corrected chi connectivity index (χ0v) is 13.6. The summed E-state index contributed by atoms with van der Waals surface area (Å²) in [6.07, 6.45) is 10.1. The largest absolute Gasteiger partial charge is 0.377 e. The van der Waals surface area contributed by atoms with Gasteiger partial charge in [0, 0.05) is 18.8 Å². The van der Waals surface area contributed by atoms with Crippen molar-refractivity contribution in [1.29, 1.82) is 0 Å². The Hall–Kier alpha value is -1.86. The highest BCUT2D eigenvalue weighted by Crippen LogP contribution is 2.23. The minimum atomic E-state index is -0.561. The molecule has 1 saturated carbocycles. The number of hydrogen-bond acceptors (Lipinski definition) is 5. The molecule has 1 aliphatic heterocycles. The molecule has 128 valence electrons. The predicted octanol–water partition coefficient (Wildman–Crippen LogP) is 0.649. The van der Waals surface area contributed by atoms with Crippen molar-refractivity contribution < 1.29 is 10.0 Å². The van der Waals surface area contributed by atoms with Crippen LogP contribution in [0.3, 0.4) is 0 Å². The van der Waals surface area contributed by atoms with Crippen LogP contribution in [0.25, 0.3) is 0 Å². The Balaban J connectivity index is 1.70. The Bertz CT molecular complexity index is 481. The number of allylic oxidation sites excluding steroid dienone is 1. The number of hydroxylamine groups is 1. The number of amidine groups is 1. The van der Waals surface area contributed by atoms with Gasteiger partial charge < -0.3 is 16.0 Å². The van der Waals surface area contributed by atoms with Crippen molar-refractivity contribution in [1.82, 2.24) is 21.4 Å². The lowest BCUT2D eigenvalue weighted by Gasteiger charge is -2.19. The van der Waals surface area contributed by atoms with Crippen molar-refractivity contribution in [2.24, 2.45) is 10.9 Å². The summed E-state index contributed by atoms with van der Waals surface area (Å²) in [5.41, 5.74) is 2.31. The Morgan fingerprint density at radius 2 is 2.30 bits per heavy atom. The zero-order valence-electron chi connectivity index (χ0n) is 13.6. The van der Waals surface area contributed by atoms with E-state index in [4.69, 9.17) is 5.21 Å². The highest BCUT2D eigenvalue weighted by atomic mass is 16.5. The highest BCUT2D eigenvalue weighted by molar-refractivity contribution is 5.88. The first-order valence-electron chi connectivity index (χ1n) is 8.27. The number of carbonyl (C=O) groups excluding carboxylic acids is 1. The van der Waals surface area contributed by atoms with Crippen LogP contribution in [0.15, 0.2) is 29.0 Å². The second kappa shape index (κ2) is 9.32. The average Bonchev–Trinajstić information content (AvgIpc) is 3.07. The maximum atomic E-state index is 10.9. The third-order valence-electron chi connectivity index (χ3n) is 4.10. The van der Waals surface area contributed by atoms with Crippen LogP contribution in [-0.4, -0.2) is 42.6 Å². The Kier molecular flexibility index (Phi) is 7.09. The monoisotopic (exact) mass is 321 g/mol. The van der Waals surface area contributed by atoms with E-state index in [0.29, 0.717) is 6.54 Å². The number of amides is 1. The molecule has 1 atom stereocenters. The summed E-state index contributed by atoms with van der Waals surface area (Å²) >= 11 is 0. The normalized spacial score (nSPS) is 21.8. The molecule has 0 spiro atoms. The summed E-state index contributed by atoms with van der Waals surface area (Å²) in [5.74, 6) is 1.16. The van der Waals surface area contributed by atoms with Crippen LogP contribution in [0.5, 0.6) is 0 Å². The van der Waals surface area contributed by atoms with E-state index in [9.17, 15) is 4.79 Å². The van der Waals surface area contributed by atoms with Crippen LogP contribution in [0.4, 0.5) is 0 Å². The van der Waals surface area contributed by atoms with Gasteiger partial charge in [-0.25, -0.2) is 5.48 Å². The number of nitrogens with one attached hydrogen (secondary N) is 4. The Morgan fingerprint density at radius 1 is 1.52 bits per heavy atom. The number of aliphatic imine (C=N–C) groups is 1. The van der Waals surface area contributed by atoms with Gasteiger partial charge in [-0.05, 0) is 38.3 Å². The lowest BCUT2D eigenvalue weighted by Crippen LogP contribution is -2.38. The fraction of sp³-hybridized carbons (Fsp3) is 0.625. The minimum absolute atomic E-state index is 0.214. The first kappa shape index (κ1) is 17.5. The molecule has 7 heteroatoms. The summed E-state index contributed by atoms with van der Waals surface area (Å²) in [6, 6.07) is 0.214. The first-order chi connectivity index (χ1) is 11.2. The topological polar surface area (TPSA) is 97.8 Å². The molecular formula is C16H27N5O2. The summed E-state index contributed by atoms with van der Waals surface area (Å²) in [6.45, 7) is 4.67. The third-order valence-corrected chi connectivity index (χ3v) is 4.10. The number of rotatable bonds is 7. The molecule has 0 saturated heterocycles. The van der Waals surface area contributed by atoms with E-state index < -0.39 is 5.91 Å². The van der Waals surface area contributed by atoms with Gasteiger partial charge in [-0.15, -0.1) is 0 Å². The SMILES string of the molecule is CC(CNCC1CCCC1)N=C1CNC(/C=C/C(=O)NO)=CN1. The molecule has 0 aromatic carbocycles. The molecule has 1 fully saturated rings. The van der Waals surface area contributed by atoms with Crippen LogP contribution in [0.1, 0.15) is 32.6 Å². The maximum Gasteiger partial charge on any atom is 0.267 e. The van der Waals surface area contributed by atoms with Gasteiger partial charge in [0.25, 0.3) is 5.91 Å². The summed E-state index contributed by atoms with van der Waals surface area (Å²) in [7, 11) is 0. The molecule has 1 amide bonds. The fourth-order valence-electron chi connectivity index (χ4n) is 2.86. The van der Waals surface area contributed by atoms with Gasteiger partial charge in [0.2, 0.25) is 0 Å². The van der Waals surface area contributed by atoms with Gasteiger partial charge >= 0.3 is 0 Å². The molecule has 5 N–H and O–H groups in total. The van der Waals surface area contributed by atoms with Crippen molar-refractivity contribution in [2.45, 2.75) is 38.6 Å². The van der Waals surface area contributed by atoms with Crippen molar-refractivity contribution in [3.05, 3.63) is 24.0 Å². The van der Waals surface area contributed by atoms with Gasteiger partial charge in [0.05, 0.1) is 18.3 Å². The number of nitrogens with zero attached hydrogens (tertiary/aromatic N) is 1. The van der Waals surface area contributed by atoms with E-state index >= 15 is 0 Å². The highest BCUT2D eigenvalue weighted by Gasteiger charge is 2.14.